The molecule has 0 aliphatic rings. The molecule has 0 amide bonds. The van der Waals surface area contributed by atoms with Crippen molar-refractivity contribution < 1.29 is 5.11 Å². The molecule has 0 bridgehead atoms. The maximum absolute atomic E-state index is 12.7. The standard InChI is InChI=1S/C22H23BrN2O2S/c1-3-4-10-19-24-21(26)20(28-18-13-11-17(23)12-14-18)22(27)25(19)15(2)16-8-6-5-7-9-16/h5-9,11-15,27H,3-4,10H2,1-2H3. The van der Waals surface area contributed by atoms with Gasteiger partial charge in [-0.15, -0.1) is 0 Å². The maximum atomic E-state index is 12.7. The average Bonchev–Trinajstić information content (AvgIpc) is 2.71. The Labute approximate surface area is 177 Å². The summed E-state index contributed by atoms with van der Waals surface area (Å²) in [6.07, 6.45) is 2.55. The van der Waals surface area contributed by atoms with Crippen molar-refractivity contribution in [2.75, 3.05) is 0 Å². The highest BCUT2D eigenvalue weighted by Crippen LogP contribution is 2.35. The van der Waals surface area contributed by atoms with E-state index in [2.05, 4.69) is 27.8 Å². The maximum Gasteiger partial charge on any atom is 0.290 e. The molecule has 28 heavy (non-hydrogen) atoms. The van der Waals surface area contributed by atoms with E-state index in [0.717, 1.165) is 27.8 Å². The monoisotopic (exact) mass is 458 g/mol. The van der Waals surface area contributed by atoms with Gasteiger partial charge in [-0.25, -0.2) is 0 Å². The lowest BCUT2D eigenvalue weighted by Gasteiger charge is -2.23. The van der Waals surface area contributed by atoms with Crippen LogP contribution in [0, 0.1) is 0 Å². The summed E-state index contributed by atoms with van der Waals surface area (Å²) in [5.41, 5.74) is 0.675. The molecular formula is C22H23BrN2O2S. The quantitative estimate of drug-likeness (QED) is 0.484. The molecule has 1 heterocycles. The number of aryl methyl sites for hydroxylation is 1. The largest absolute Gasteiger partial charge is 0.493 e. The van der Waals surface area contributed by atoms with Crippen molar-refractivity contribution in [2.24, 2.45) is 0 Å². The second-order valence-corrected chi connectivity index (χ2v) is 8.60. The molecule has 3 aromatic rings. The number of benzene rings is 2. The zero-order valence-corrected chi connectivity index (χ0v) is 18.3. The lowest BCUT2D eigenvalue weighted by molar-refractivity contribution is 0.371. The molecule has 6 heteroatoms. The summed E-state index contributed by atoms with van der Waals surface area (Å²) in [7, 11) is 0. The molecule has 0 aliphatic heterocycles. The number of unbranched alkanes of at least 4 members (excludes halogenated alkanes) is 1. The Balaban J connectivity index is 2.09. The highest BCUT2D eigenvalue weighted by Gasteiger charge is 2.22. The van der Waals surface area contributed by atoms with Gasteiger partial charge in [-0.3, -0.25) is 9.36 Å². The highest BCUT2D eigenvalue weighted by molar-refractivity contribution is 9.10. The molecule has 0 saturated carbocycles. The van der Waals surface area contributed by atoms with Crippen molar-refractivity contribution >= 4 is 27.7 Å². The number of hydrogen-bond acceptors (Lipinski definition) is 4. The fourth-order valence-corrected chi connectivity index (χ4v) is 4.15. The van der Waals surface area contributed by atoms with Crippen LogP contribution in [0.4, 0.5) is 0 Å². The first-order valence-corrected chi connectivity index (χ1v) is 10.9. The number of rotatable bonds is 7. The minimum atomic E-state index is -0.381. The molecule has 0 fully saturated rings. The third-order valence-corrected chi connectivity index (χ3v) is 6.19. The van der Waals surface area contributed by atoms with Crippen molar-refractivity contribution in [3.05, 3.63) is 80.8 Å². The van der Waals surface area contributed by atoms with Crippen LogP contribution in [0.25, 0.3) is 0 Å². The second kappa shape index (κ2) is 9.43. The lowest BCUT2D eigenvalue weighted by atomic mass is 10.1. The topological polar surface area (TPSA) is 55.1 Å². The third-order valence-electron chi connectivity index (χ3n) is 4.59. The van der Waals surface area contributed by atoms with Gasteiger partial charge >= 0.3 is 0 Å². The van der Waals surface area contributed by atoms with E-state index in [1.165, 1.54) is 11.8 Å². The Morgan fingerprint density at radius 2 is 1.82 bits per heavy atom. The van der Waals surface area contributed by atoms with Crippen molar-refractivity contribution in [2.45, 2.75) is 48.9 Å². The Kier molecular flexibility index (Phi) is 6.97. The van der Waals surface area contributed by atoms with Crippen molar-refractivity contribution in [3.63, 3.8) is 0 Å². The number of nitrogens with zero attached hydrogens (tertiary/aromatic N) is 2. The molecule has 0 saturated heterocycles. The molecule has 4 nitrogen and oxygen atoms in total. The van der Waals surface area contributed by atoms with E-state index in [1.54, 1.807) is 4.57 Å². The first-order valence-electron chi connectivity index (χ1n) is 9.34. The third kappa shape index (κ3) is 4.67. The summed E-state index contributed by atoms with van der Waals surface area (Å²) in [6.45, 7) is 4.12. The van der Waals surface area contributed by atoms with Gasteiger partial charge in [0.2, 0.25) is 5.88 Å². The molecule has 146 valence electrons. The Hall–Kier alpha value is -2.05. The van der Waals surface area contributed by atoms with Crippen LogP contribution in [0.15, 0.2) is 73.7 Å². The number of hydrogen-bond donors (Lipinski definition) is 1. The molecule has 0 spiro atoms. The summed E-state index contributed by atoms with van der Waals surface area (Å²) in [4.78, 5) is 18.2. The molecule has 1 aromatic heterocycles. The fourth-order valence-electron chi connectivity index (χ4n) is 3.06. The Morgan fingerprint density at radius 3 is 2.46 bits per heavy atom. The van der Waals surface area contributed by atoms with Gasteiger partial charge in [0.25, 0.3) is 5.56 Å². The predicted molar refractivity (Wildman–Crippen MR) is 117 cm³/mol. The van der Waals surface area contributed by atoms with Crippen molar-refractivity contribution in [1.82, 2.24) is 9.55 Å². The normalized spacial score (nSPS) is 12.1. The minimum absolute atomic E-state index is 0.0182. The van der Waals surface area contributed by atoms with Crippen LogP contribution in [0.2, 0.25) is 0 Å². The van der Waals surface area contributed by atoms with E-state index in [-0.39, 0.29) is 22.4 Å². The van der Waals surface area contributed by atoms with Crippen molar-refractivity contribution in [3.8, 4) is 5.88 Å². The molecule has 0 radical (unpaired) electrons. The SMILES string of the molecule is CCCCc1nc(=O)c(Sc2ccc(Br)cc2)c(O)n1C(C)c1ccccc1. The molecule has 3 rings (SSSR count). The van der Waals surface area contributed by atoms with Gasteiger partial charge in [0.15, 0.2) is 0 Å². The van der Waals surface area contributed by atoms with Gasteiger partial charge in [0.05, 0.1) is 6.04 Å². The first kappa shape index (κ1) is 20.7. The first-order chi connectivity index (χ1) is 13.5. The molecule has 1 atom stereocenters. The Morgan fingerprint density at radius 1 is 1.14 bits per heavy atom. The number of halogens is 1. The second-order valence-electron chi connectivity index (χ2n) is 6.60. The van der Waals surface area contributed by atoms with E-state index in [4.69, 9.17) is 0 Å². The van der Waals surface area contributed by atoms with Crippen LogP contribution in [0.3, 0.4) is 0 Å². The summed E-state index contributed by atoms with van der Waals surface area (Å²) >= 11 is 4.66. The molecule has 2 aromatic carbocycles. The van der Waals surface area contributed by atoms with Gasteiger partial charge in [0.1, 0.15) is 10.7 Å². The van der Waals surface area contributed by atoms with Crippen LogP contribution in [-0.4, -0.2) is 14.7 Å². The zero-order valence-electron chi connectivity index (χ0n) is 15.9. The highest BCUT2D eigenvalue weighted by atomic mass is 79.9. The number of aromatic hydroxyl groups is 1. The van der Waals surface area contributed by atoms with Crippen LogP contribution in [0.5, 0.6) is 5.88 Å². The molecular weight excluding hydrogens is 436 g/mol. The van der Waals surface area contributed by atoms with Crippen molar-refractivity contribution in [1.29, 1.82) is 0 Å². The van der Waals surface area contributed by atoms with E-state index >= 15 is 0 Å². The van der Waals surface area contributed by atoms with E-state index in [1.807, 2.05) is 61.5 Å². The summed E-state index contributed by atoms with van der Waals surface area (Å²) < 4.78 is 2.76. The van der Waals surface area contributed by atoms with Crippen LogP contribution in [0.1, 0.15) is 44.1 Å². The van der Waals surface area contributed by atoms with Gasteiger partial charge in [-0.1, -0.05) is 71.4 Å². The fraction of sp³-hybridized carbons (Fsp3) is 0.273. The van der Waals surface area contributed by atoms with Gasteiger partial charge in [-0.2, -0.15) is 4.98 Å². The Bertz CT molecular complexity index is 988. The lowest BCUT2D eigenvalue weighted by Crippen LogP contribution is -2.22. The summed E-state index contributed by atoms with van der Waals surface area (Å²) in [5.74, 6) is 0.608. The minimum Gasteiger partial charge on any atom is -0.493 e. The zero-order chi connectivity index (χ0) is 20.1. The van der Waals surface area contributed by atoms with E-state index in [0.29, 0.717) is 12.2 Å². The smallest absolute Gasteiger partial charge is 0.290 e. The van der Waals surface area contributed by atoms with E-state index < -0.39 is 0 Å². The number of aromatic nitrogens is 2. The molecule has 1 unspecified atom stereocenters. The van der Waals surface area contributed by atoms with Gasteiger partial charge in [-0.05, 0) is 43.2 Å². The average molecular weight is 459 g/mol. The summed E-state index contributed by atoms with van der Waals surface area (Å²) in [6, 6.07) is 17.5. The van der Waals surface area contributed by atoms with Crippen LogP contribution >= 0.6 is 27.7 Å². The summed E-state index contributed by atoms with van der Waals surface area (Å²) in [5, 5.41) is 11.1. The molecule has 0 aliphatic carbocycles. The van der Waals surface area contributed by atoms with Crippen LogP contribution in [-0.2, 0) is 6.42 Å². The predicted octanol–water partition coefficient (Wildman–Crippen LogP) is 5.81. The van der Waals surface area contributed by atoms with Gasteiger partial charge in [0, 0.05) is 15.8 Å². The van der Waals surface area contributed by atoms with Crippen LogP contribution < -0.4 is 5.56 Å². The van der Waals surface area contributed by atoms with Gasteiger partial charge < -0.3 is 5.11 Å². The molecule has 1 N–H and O–H groups in total. The van der Waals surface area contributed by atoms with E-state index in [9.17, 15) is 9.90 Å².